The van der Waals surface area contributed by atoms with Crippen LogP contribution in [0.2, 0.25) is 0 Å². The van der Waals surface area contributed by atoms with Gasteiger partial charge in [0.2, 0.25) is 0 Å². The van der Waals surface area contributed by atoms with Crippen molar-refractivity contribution in [2.75, 3.05) is 10.5 Å². The van der Waals surface area contributed by atoms with Gasteiger partial charge in [-0.15, -0.1) is 0 Å². The first-order valence-electron chi connectivity index (χ1n) is 5.07. The number of halogens is 2. The molecule has 3 N–H and O–H groups in total. The maximum Gasteiger partial charge on any atom is 0.264 e. The molecule has 0 fully saturated rings. The molecule has 0 aliphatic carbocycles. The van der Waals surface area contributed by atoms with Crippen molar-refractivity contribution in [3.63, 3.8) is 0 Å². The van der Waals surface area contributed by atoms with Gasteiger partial charge in [0, 0.05) is 6.20 Å². The fourth-order valence-corrected chi connectivity index (χ4v) is 2.61. The third kappa shape index (κ3) is 2.79. The van der Waals surface area contributed by atoms with Crippen LogP contribution in [-0.2, 0) is 10.0 Å². The second-order valence-corrected chi connectivity index (χ2v) is 5.29. The molecule has 2 rings (SSSR count). The van der Waals surface area contributed by atoms with Gasteiger partial charge in [0.1, 0.15) is 10.7 Å². The molecule has 8 heteroatoms. The number of nitrogen functional groups attached to an aromatic ring is 1. The first-order valence-corrected chi connectivity index (χ1v) is 6.56. The van der Waals surface area contributed by atoms with Crippen LogP contribution in [0.3, 0.4) is 0 Å². The number of hydrogen-bond donors (Lipinski definition) is 2. The Morgan fingerprint density at radius 2 is 1.95 bits per heavy atom. The summed E-state index contributed by atoms with van der Waals surface area (Å²) in [5.74, 6) is -1.61. The van der Waals surface area contributed by atoms with Crippen molar-refractivity contribution < 1.29 is 17.2 Å². The number of nitrogens with one attached hydrogen (secondary N) is 1. The second kappa shape index (κ2) is 4.81. The highest BCUT2D eigenvalue weighted by molar-refractivity contribution is 7.92. The van der Waals surface area contributed by atoms with E-state index >= 15 is 0 Å². The summed E-state index contributed by atoms with van der Waals surface area (Å²) in [7, 11) is -4.17. The molecule has 0 spiro atoms. The largest absolute Gasteiger partial charge is 0.398 e. The van der Waals surface area contributed by atoms with Crippen molar-refractivity contribution in [2.24, 2.45) is 0 Å². The molecule has 0 saturated heterocycles. The molecule has 0 atom stereocenters. The van der Waals surface area contributed by atoms with Crippen molar-refractivity contribution in [1.82, 2.24) is 4.98 Å². The number of rotatable bonds is 3. The van der Waals surface area contributed by atoms with Crippen molar-refractivity contribution in [3.8, 4) is 0 Å². The maximum absolute atomic E-state index is 13.3. The number of sulfonamides is 1. The lowest BCUT2D eigenvalue weighted by Gasteiger charge is -2.10. The van der Waals surface area contributed by atoms with Crippen molar-refractivity contribution in [2.45, 2.75) is 4.90 Å². The summed E-state index contributed by atoms with van der Waals surface area (Å²) in [6.07, 6.45) is 2.07. The lowest BCUT2D eigenvalue weighted by Crippen LogP contribution is -2.16. The predicted octanol–water partition coefficient (Wildman–Crippen LogP) is 1.74. The summed E-state index contributed by atoms with van der Waals surface area (Å²) in [4.78, 5) is 3.03. The molecule has 0 amide bonds. The summed E-state index contributed by atoms with van der Waals surface area (Å²) in [6.45, 7) is 0. The predicted molar refractivity (Wildman–Crippen MR) is 65.8 cm³/mol. The van der Waals surface area contributed by atoms with Gasteiger partial charge in [-0.3, -0.25) is 9.71 Å². The molecule has 1 aromatic heterocycles. The van der Waals surface area contributed by atoms with Gasteiger partial charge in [0.25, 0.3) is 10.0 Å². The van der Waals surface area contributed by atoms with Gasteiger partial charge in [-0.05, 0) is 24.3 Å². The molecule has 100 valence electrons. The quantitative estimate of drug-likeness (QED) is 0.841. The number of anilines is 2. The van der Waals surface area contributed by atoms with Gasteiger partial charge in [-0.1, -0.05) is 0 Å². The number of aromatic nitrogens is 1. The zero-order valence-electron chi connectivity index (χ0n) is 9.47. The SMILES string of the molecule is Nc1ccc(F)cc1S(=O)(=O)Nc1ccncc1F. The smallest absolute Gasteiger partial charge is 0.264 e. The molecule has 0 aliphatic heterocycles. The van der Waals surface area contributed by atoms with Crippen LogP contribution in [-0.4, -0.2) is 13.4 Å². The number of benzene rings is 1. The number of nitrogens with two attached hydrogens (primary N) is 1. The molecule has 0 radical (unpaired) electrons. The Morgan fingerprint density at radius 1 is 1.21 bits per heavy atom. The molecule has 0 unspecified atom stereocenters. The summed E-state index contributed by atoms with van der Waals surface area (Å²) in [5, 5.41) is 0. The third-order valence-electron chi connectivity index (χ3n) is 2.28. The molecular weight excluding hydrogens is 276 g/mol. The van der Waals surface area contributed by atoms with Crippen LogP contribution >= 0.6 is 0 Å². The maximum atomic E-state index is 13.3. The fraction of sp³-hybridized carbons (Fsp3) is 0. The third-order valence-corrected chi connectivity index (χ3v) is 3.70. The van der Waals surface area contributed by atoms with E-state index in [4.69, 9.17) is 5.73 Å². The molecule has 0 aliphatic rings. The molecule has 0 bridgehead atoms. The van der Waals surface area contributed by atoms with Gasteiger partial charge >= 0.3 is 0 Å². The molecule has 1 aromatic carbocycles. The van der Waals surface area contributed by atoms with E-state index in [1.165, 1.54) is 6.20 Å². The molecule has 0 saturated carbocycles. The molecule has 19 heavy (non-hydrogen) atoms. The van der Waals surface area contributed by atoms with Crippen molar-refractivity contribution >= 4 is 21.4 Å². The van der Waals surface area contributed by atoms with Crippen LogP contribution in [0.25, 0.3) is 0 Å². The van der Waals surface area contributed by atoms with Gasteiger partial charge < -0.3 is 5.73 Å². The highest BCUT2D eigenvalue weighted by Crippen LogP contribution is 2.23. The van der Waals surface area contributed by atoms with Crippen molar-refractivity contribution in [1.29, 1.82) is 0 Å². The molecule has 1 heterocycles. The minimum atomic E-state index is -4.17. The van der Waals surface area contributed by atoms with Crippen LogP contribution in [0, 0.1) is 11.6 Å². The average molecular weight is 285 g/mol. The standard InChI is InChI=1S/C11H9F2N3O2S/c12-7-1-2-9(14)11(5-7)19(17,18)16-10-3-4-15-6-8(10)13/h1-6H,14H2,(H,15,16). The monoisotopic (exact) mass is 285 g/mol. The topological polar surface area (TPSA) is 85.1 Å². The summed E-state index contributed by atoms with van der Waals surface area (Å²) in [6, 6.07) is 4.05. The van der Waals surface area contributed by atoms with E-state index in [-0.39, 0.29) is 11.4 Å². The average Bonchev–Trinajstić information content (AvgIpc) is 2.35. The highest BCUT2D eigenvalue weighted by atomic mass is 32.2. The Labute approximate surface area is 108 Å². The number of hydrogen-bond acceptors (Lipinski definition) is 4. The second-order valence-electron chi connectivity index (χ2n) is 3.64. The lowest BCUT2D eigenvalue weighted by molar-refractivity contribution is 0.593. The number of nitrogens with zero attached hydrogens (tertiary/aromatic N) is 1. The Hall–Kier alpha value is -2.22. The number of pyridine rings is 1. The van der Waals surface area contributed by atoms with Gasteiger partial charge in [-0.25, -0.2) is 17.2 Å². The van der Waals surface area contributed by atoms with E-state index in [0.717, 1.165) is 30.5 Å². The van der Waals surface area contributed by atoms with E-state index in [1.54, 1.807) is 0 Å². The fourth-order valence-electron chi connectivity index (χ4n) is 1.40. The summed E-state index contributed by atoms with van der Waals surface area (Å²) in [5.41, 5.74) is 5.05. The van der Waals surface area contributed by atoms with Crippen LogP contribution in [0.1, 0.15) is 0 Å². The zero-order valence-corrected chi connectivity index (χ0v) is 10.3. The van der Waals surface area contributed by atoms with E-state index < -0.39 is 26.6 Å². The van der Waals surface area contributed by atoms with Crippen LogP contribution in [0.5, 0.6) is 0 Å². The highest BCUT2D eigenvalue weighted by Gasteiger charge is 2.19. The van der Waals surface area contributed by atoms with Crippen molar-refractivity contribution in [3.05, 3.63) is 48.3 Å². The first kappa shape index (κ1) is 13.2. The van der Waals surface area contributed by atoms with Gasteiger partial charge in [-0.2, -0.15) is 0 Å². The molecule has 5 nitrogen and oxygen atoms in total. The zero-order chi connectivity index (χ0) is 14.0. The minimum absolute atomic E-state index is 0.136. The Balaban J connectivity index is 2.44. The van der Waals surface area contributed by atoms with Crippen LogP contribution in [0.15, 0.2) is 41.6 Å². The summed E-state index contributed by atoms with van der Waals surface area (Å²) >= 11 is 0. The van der Waals surface area contributed by atoms with E-state index in [2.05, 4.69) is 4.98 Å². The van der Waals surface area contributed by atoms with Gasteiger partial charge in [0.15, 0.2) is 5.82 Å². The van der Waals surface area contributed by atoms with E-state index in [1.807, 2.05) is 4.72 Å². The summed E-state index contributed by atoms with van der Waals surface area (Å²) < 4.78 is 52.3. The Kier molecular flexibility index (Phi) is 3.34. The molecule has 2 aromatic rings. The lowest BCUT2D eigenvalue weighted by atomic mass is 10.3. The van der Waals surface area contributed by atoms with E-state index in [0.29, 0.717) is 0 Å². The first-order chi connectivity index (χ1) is 8.90. The van der Waals surface area contributed by atoms with Gasteiger partial charge in [0.05, 0.1) is 17.6 Å². The minimum Gasteiger partial charge on any atom is -0.398 e. The molecular formula is C11H9F2N3O2S. The Morgan fingerprint density at radius 3 is 2.63 bits per heavy atom. The van der Waals surface area contributed by atoms with Crippen LogP contribution in [0.4, 0.5) is 20.2 Å². The normalized spacial score (nSPS) is 11.3. The van der Waals surface area contributed by atoms with Crippen LogP contribution < -0.4 is 10.5 Å². The van der Waals surface area contributed by atoms with E-state index in [9.17, 15) is 17.2 Å². The Bertz CT molecular complexity index is 720.